The minimum atomic E-state index is -0.699. The SMILES string of the molecule is CC(C)(C)C1CCC(OC(=O)Cn2cnc([N+](=O)[O-])n2)CC1. The third kappa shape index (κ3) is 4.25. The Hall–Kier alpha value is -1.99. The monoisotopic (exact) mass is 310 g/mol. The van der Waals surface area contributed by atoms with Crippen molar-refractivity contribution in [2.75, 3.05) is 0 Å². The van der Waals surface area contributed by atoms with Crippen LogP contribution in [-0.2, 0) is 16.1 Å². The van der Waals surface area contributed by atoms with Crippen LogP contribution in [-0.4, -0.2) is 31.8 Å². The summed E-state index contributed by atoms with van der Waals surface area (Å²) in [6.07, 6.45) is 4.93. The van der Waals surface area contributed by atoms with Crippen LogP contribution in [0.5, 0.6) is 0 Å². The van der Waals surface area contributed by atoms with E-state index in [0.29, 0.717) is 5.92 Å². The van der Waals surface area contributed by atoms with E-state index in [1.165, 1.54) is 0 Å². The molecule has 0 aromatic carbocycles. The largest absolute Gasteiger partial charge is 0.490 e. The van der Waals surface area contributed by atoms with Gasteiger partial charge < -0.3 is 14.9 Å². The highest BCUT2D eigenvalue weighted by molar-refractivity contribution is 5.69. The van der Waals surface area contributed by atoms with Crippen LogP contribution in [0.4, 0.5) is 5.95 Å². The van der Waals surface area contributed by atoms with Gasteiger partial charge in [0, 0.05) is 5.10 Å². The van der Waals surface area contributed by atoms with Gasteiger partial charge in [-0.2, -0.15) is 4.68 Å². The van der Waals surface area contributed by atoms with Crippen molar-refractivity contribution in [1.82, 2.24) is 14.8 Å². The first-order valence-electron chi connectivity index (χ1n) is 7.49. The zero-order chi connectivity index (χ0) is 16.3. The van der Waals surface area contributed by atoms with Crippen LogP contribution < -0.4 is 0 Å². The fourth-order valence-corrected chi connectivity index (χ4v) is 2.85. The molecular formula is C14H22N4O4. The number of nitro groups is 1. The van der Waals surface area contributed by atoms with E-state index in [1.807, 2.05) is 0 Å². The van der Waals surface area contributed by atoms with Crippen molar-refractivity contribution >= 4 is 11.9 Å². The lowest BCUT2D eigenvalue weighted by Gasteiger charge is -2.36. The Kier molecular flexibility index (Phi) is 4.77. The van der Waals surface area contributed by atoms with Gasteiger partial charge in [-0.05, 0) is 41.9 Å². The molecule has 0 spiro atoms. The van der Waals surface area contributed by atoms with Gasteiger partial charge in [-0.3, -0.25) is 0 Å². The minimum absolute atomic E-state index is 0.0652. The molecule has 122 valence electrons. The van der Waals surface area contributed by atoms with Crippen molar-refractivity contribution in [2.24, 2.45) is 11.3 Å². The molecule has 0 aliphatic heterocycles. The standard InChI is InChI=1S/C14H22N4O4/c1-14(2,3)10-4-6-11(7-5-10)22-12(19)8-17-9-15-13(16-17)18(20)21/h9-11H,4-8H2,1-3H3. The number of ether oxygens (including phenoxy) is 1. The molecule has 0 unspecified atom stereocenters. The molecule has 1 heterocycles. The van der Waals surface area contributed by atoms with Crippen LogP contribution in [0.3, 0.4) is 0 Å². The molecule has 1 aliphatic carbocycles. The molecule has 1 aromatic heterocycles. The molecule has 8 nitrogen and oxygen atoms in total. The molecule has 0 atom stereocenters. The van der Waals surface area contributed by atoms with Crippen molar-refractivity contribution in [3.05, 3.63) is 16.4 Å². The summed E-state index contributed by atoms with van der Waals surface area (Å²) >= 11 is 0. The smallest absolute Gasteiger partial charge is 0.461 e. The van der Waals surface area contributed by atoms with E-state index in [1.54, 1.807) is 0 Å². The molecule has 1 saturated carbocycles. The van der Waals surface area contributed by atoms with Gasteiger partial charge in [-0.15, -0.1) is 0 Å². The maximum atomic E-state index is 11.9. The van der Waals surface area contributed by atoms with Crippen LogP contribution >= 0.6 is 0 Å². The highest BCUT2D eigenvalue weighted by Crippen LogP contribution is 2.38. The molecule has 0 amide bonds. The van der Waals surface area contributed by atoms with Gasteiger partial charge in [0.25, 0.3) is 0 Å². The van der Waals surface area contributed by atoms with Gasteiger partial charge in [0.05, 0.1) is 0 Å². The second kappa shape index (κ2) is 6.41. The summed E-state index contributed by atoms with van der Waals surface area (Å²) in [5, 5.41) is 14.1. The van der Waals surface area contributed by atoms with Gasteiger partial charge in [0.1, 0.15) is 6.10 Å². The average molecular weight is 310 g/mol. The summed E-state index contributed by atoms with van der Waals surface area (Å²) in [7, 11) is 0. The lowest BCUT2D eigenvalue weighted by Crippen LogP contribution is -2.31. The number of carbonyl (C=O) groups is 1. The second-order valence-corrected chi connectivity index (χ2v) is 6.83. The lowest BCUT2D eigenvalue weighted by molar-refractivity contribution is -0.394. The number of aromatic nitrogens is 3. The number of hydrogen-bond acceptors (Lipinski definition) is 6. The zero-order valence-corrected chi connectivity index (χ0v) is 13.2. The summed E-state index contributed by atoms with van der Waals surface area (Å²) in [6, 6.07) is 0. The molecule has 1 fully saturated rings. The predicted octanol–water partition coefficient (Wildman–Crippen LogP) is 2.33. The van der Waals surface area contributed by atoms with Gasteiger partial charge in [-0.25, -0.2) is 4.79 Å². The Morgan fingerprint density at radius 2 is 2.05 bits per heavy atom. The lowest BCUT2D eigenvalue weighted by atomic mass is 9.72. The highest BCUT2D eigenvalue weighted by atomic mass is 16.6. The van der Waals surface area contributed by atoms with E-state index in [9.17, 15) is 14.9 Å². The van der Waals surface area contributed by atoms with Crippen molar-refractivity contribution in [1.29, 1.82) is 0 Å². The molecule has 2 rings (SSSR count). The van der Waals surface area contributed by atoms with E-state index < -0.39 is 16.8 Å². The van der Waals surface area contributed by atoms with Gasteiger partial charge in [0.15, 0.2) is 6.54 Å². The first-order chi connectivity index (χ1) is 10.3. The van der Waals surface area contributed by atoms with Crippen molar-refractivity contribution < 1.29 is 14.5 Å². The summed E-state index contributed by atoms with van der Waals surface area (Å²) in [6.45, 7) is 6.56. The molecule has 1 aromatic rings. The predicted molar refractivity (Wildman–Crippen MR) is 78.0 cm³/mol. The van der Waals surface area contributed by atoms with Gasteiger partial charge >= 0.3 is 11.9 Å². The average Bonchev–Trinajstić information content (AvgIpc) is 2.86. The molecule has 0 saturated heterocycles. The third-order valence-corrected chi connectivity index (χ3v) is 4.18. The Balaban J connectivity index is 1.79. The fourth-order valence-electron chi connectivity index (χ4n) is 2.85. The molecular weight excluding hydrogens is 288 g/mol. The highest BCUT2D eigenvalue weighted by Gasteiger charge is 2.31. The number of hydrogen-bond donors (Lipinski definition) is 0. The first-order valence-corrected chi connectivity index (χ1v) is 7.49. The van der Waals surface area contributed by atoms with E-state index in [2.05, 4.69) is 30.9 Å². The zero-order valence-electron chi connectivity index (χ0n) is 13.2. The fraction of sp³-hybridized carbons (Fsp3) is 0.786. The van der Waals surface area contributed by atoms with Crippen LogP contribution in [0.1, 0.15) is 46.5 Å². The molecule has 0 bridgehead atoms. The van der Waals surface area contributed by atoms with E-state index in [-0.39, 0.29) is 18.1 Å². The normalized spacial score (nSPS) is 22.3. The molecule has 8 heteroatoms. The Morgan fingerprint density at radius 1 is 1.41 bits per heavy atom. The van der Waals surface area contributed by atoms with E-state index in [0.717, 1.165) is 36.7 Å². The molecule has 0 radical (unpaired) electrons. The minimum Gasteiger partial charge on any atom is -0.461 e. The summed E-state index contributed by atoms with van der Waals surface area (Å²) < 4.78 is 6.55. The van der Waals surface area contributed by atoms with Gasteiger partial charge in [-0.1, -0.05) is 25.8 Å². The Morgan fingerprint density at radius 3 is 2.55 bits per heavy atom. The maximum Gasteiger partial charge on any atom is 0.490 e. The Labute approximate surface area is 129 Å². The number of carbonyl (C=O) groups excluding carboxylic acids is 1. The quantitative estimate of drug-likeness (QED) is 0.480. The van der Waals surface area contributed by atoms with E-state index in [4.69, 9.17) is 4.74 Å². The van der Waals surface area contributed by atoms with Gasteiger partial charge in [0.2, 0.25) is 6.33 Å². The van der Waals surface area contributed by atoms with Crippen molar-refractivity contribution in [3.63, 3.8) is 0 Å². The third-order valence-electron chi connectivity index (χ3n) is 4.18. The molecule has 0 N–H and O–H groups in total. The second-order valence-electron chi connectivity index (χ2n) is 6.83. The summed E-state index contributed by atoms with van der Waals surface area (Å²) in [5.41, 5.74) is 0.286. The van der Waals surface area contributed by atoms with Crippen LogP contribution in [0, 0.1) is 21.4 Å². The van der Waals surface area contributed by atoms with Crippen LogP contribution in [0.15, 0.2) is 6.33 Å². The topological polar surface area (TPSA) is 100 Å². The number of esters is 1. The number of rotatable bonds is 4. The molecule has 1 aliphatic rings. The van der Waals surface area contributed by atoms with Crippen LogP contribution in [0.25, 0.3) is 0 Å². The Bertz CT molecular complexity index is 541. The molecule has 22 heavy (non-hydrogen) atoms. The van der Waals surface area contributed by atoms with Crippen molar-refractivity contribution in [3.8, 4) is 0 Å². The number of nitrogens with zero attached hydrogens (tertiary/aromatic N) is 4. The maximum absolute atomic E-state index is 11.9. The first kappa shape index (κ1) is 16.4. The van der Waals surface area contributed by atoms with Crippen LogP contribution in [0.2, 0.25) is 0 Å². The summed E-state index contributed by atoms with van der Waals surface area (Å²) in [5.74, 6) is -0.294. The van der Waals surface area contributed by atoms with Crippen molar-refractivity contribution in [2.45, 2.75) is 59.1 Å². The van der Waals surface area contributed by atoms with E-state index >= 15 is 0 Å². The summed E-state index contributed by atoms with van der Waals surface area (Å²) in [4.78, 5) is 25.1.